The average molecular weight is 428 g/mol. The second-order valence-corrected chi connectivity index (χ2v) is 8.40. The lowest BCUT2D eigenvalue weighted by Gasteiger charge is -2.42. The fourth-order valence-electron chi connectivity index (χ4n) is 4.74. The summed E-state index contributed by atoms with van der Waals surface area (Å²) in [5.41, 5.74) is 14.7. The highest BCUT2D eigenvalue weighted by Crippen LogP contribution is 2.32. The van der Waals surface area contributed by atoms with Gasteiger partial charge in [-0.2, -0.15) is 0 Å². The molecule has 32 heavy (non-hydrogen) atoms. The first kappa shape index (κ1) is 20.3. The number of benzene rings is 2. The van der Waals surface area contributed by atoms with Gasteiger partial charge in [0, 0.05) is 48.9 Å². The molecule has 2 aromatic rings. The molecule has 8 heteroatoms. The minimum absolute atomic E-state index is 0.0627. The van der Waals surface area contributed by atoms with Gasteiger partial charge in [-0.3, -0.25) is 19.6 Å². The quantitative estimate of drug-likeness (QED) is 0.409. The Hall–Kier alpha value is -3.61. The number of carbonyl (C=O) groups is 1. The molecule has 0 aliphatic carbocycles. The molecule has 0 fully saturated rings. The number of azide groups is 1. The summed E-state index contributed by atoms with van der Waals surface area (Å²) in [7, 11) is 0. The average Bonchev–Trinajstić information content (AvgIpc) is 3.28. The van der Waals surface area contributed by atoms with Crippen LogP contribution in [0.2, 0.25) is 0 Å². The third kappa shape index (κ3) is 3.75. The SMILES string of the molecule is Cc1ccccc1CN1C(=O)C2=C(CCN(Cc3cccc(N=[N+]=[N-])c3)C2)N2CCN=C12. The Labute approximate surface area is 187 Å². The molecule has 162 valence electrons. The highest BCUT2D eigenvalue weighted by molar-refractivity contribution is 6.09. The van der Waals surface area contributed by atoms with E-state index >= 15 is 0 Å². The van der Waals surface area contributed by atoms with Crippen molar-refractivity contribution in [3.05, 3.63) is 86.9 Å². The zero-order chi connectivity index (χ0) is 22.1. The number of nitrogens with zero attached hydrogens (tertiary/aromatic N) is 7. The van der Waals surface area contributed by atoms with Crippen LogP contribution < -0.4 is 0 Å². The largest absolute Gasteiger partial charge is 0.314 e. The molecule has 0 unspecified atom stereocenters. The lowest BCUT2D eigenvalue weighted by molar-refractivity contribution is -0.125. The van der Waals surface area contributed by atoms with Gasteiger partial charge < -0.3 is 4.90 Å². The van der Waals surface area contributed by atoms with E-state index in [1.54, 1.807) is 6.07 Å². The third-order valence-electron chi connectivity index (χ3n) is 6.35. The van der Waals surface area contributed by atoms with Gasteiger partial charge in [0.2, 0.25) is 5.96 Å². The molecular formula is C24H25N7O. The Bertz CT molecular complexity index is 1180. The second-order valence-electron chi connectivity index (χ2n) is 8.40. The summed E-state index contributed by atoms with van der Waals surface area (Å²) in [6.45, 7) is 6.35. The van der Waals surface area contributed by atoms with Crippen LogP contribution in [0.25, 0.3) is 10.4 Å². The number of amides is 1. The van der Waals surface area contributed by atoms with Crippen LogP contribution in [0.5, 0.6) is 0 Å². The number of aryl methyl sites for hydroxylation is 1. The Kier molecular flexibility index (Phi) is 5.39. The number of fused-ring (bicyclic) bond motifs is 2. The van der Waals surface area contributed by atoms with Crippen LogP contribution in [0.4, 0.5) is 5.69 Å². The molecular weight excluding hydrogens is 402 g/mol. The van der Waals surface area contributed by atoms with Gasteiger partial charge in [-0.1, -0.05) is 47.6 Å². The number of hydrogen-bond acceptors (Lipinski definition) is 5. The third-order valence-corrected chi connectivity index (χ3v) is 6.35. The van der Waals surface area contributed by atoms with E-state index in [1.807, 2.05) is 35.2 Å². The lowest BCUT2D eigenvalue weighted by atomic mass is 9.99. The van der Waals surface area contributed by atoms with E-state index < -0.39 is 0 Å². The van der Waals surface area contributed by atoms with E-state index in [4.69, 9.17) is 5.53 Å². The minimum atomic E-state index is 0.0627. The highest BCUT2D eigenvalue weighted by atomic mass is 16.2. The van der Waals surface area contributed by atoms with E-state index in [0.717, 1.165) is 54.4 Å². The smallest absolute Gasteiger partial charge is 0.259 e. The van der Waals surface area contributed by atoms with Gasteiger partial charge in [-0.25, -0.2) is 0 Å². The van der Waals surface area contributed by atoms with Crippen LogP contribution in [0.15, 0.2) is 69.9 Å². The molecule has 0 spiro atoms. The van der Waals surface area contributed by atoms with Crippen molar-refractivity contribution in [1.29, 1.82) is 0 Å². The molecule has 0 radical (unpaired) electrons. The van der Waals surface area contributed by atoms with Crippen molar-refractivity contribution >= 4 is 17.6 Å². The van der Waals surface area contributed by atoms with Gasteiger partial charge in [0.15, 0.2) is 0 Å². The van der Waals surface area contributed by atoms with Crippen molar-refractivity contribution in [3.8, 4) is 0 Å². The van der Waals surface area contributed by atoms with E-state index in [9.17, 15) is 4.79 Å². The van der Waals surface area contributed by atoms with Gasteiger partial charge in [-0.15, -0.1) is 0 Å². The lowest BCUT2D eigenvalue weighted by Crippen LogP contribution is -2.53. The summed E-state index contributed by atoms with van der Waals surface area (Å²) in [6.07, 6.45) is 0.828. The maximum absolute atomic E-state index is 13.6. The van der Waals surface area contributed by atoms with Crippen molar-refractivity contribution in [2.24, 2.45) is 10.1 Å². The fourth-order valence-corrected chi connectivity index (χ4v) is 4.74. The van der Waals surface area contributed by atoms with Crippen LogP contribution in [0.3, 0.4) is 0 Å². The van der Waals surface area contributed by atoms with E-state index in [-0.39, 0.29) is 5.91 Å². The molecule has 3 aliphatic heterocycles. The summed E-state index contributed by atoms with van der Waals surface area (Å²) < 4.78 is 0. The highest BCUT2D eigenvalue weighted by Gasteiger charge is 2.41. The predicted molar refractivity (Wildman–Crippen MR) is 123 cm³/mol. The summed E-state index contributed by atoms with van der Waals surface area (Å²) in [6, 6.07) is 15.8. The number of hydrogen-bond donors (Lipinski definition) is 0. The normalized spacial score (nSPS) is 18.3. The van der Waals surface area contributed by atoms with Gasteiger partial charge >= 0.3 is 0 Å². The van der Waals surface area contributed by atoms with Crippen LogP contribution in [0, 0.1) is 6.92 Å². The maximum Gasteiger partial charge on any atom is 0.259 e. The molecule has 2 aromatic carbocycles. The van der Waals surface area contributed by atoms with Crippen molar-refractivity contribution in [2.75, 3.05) is 26.2 Å². The molecule has 0 saturated heterocycles. The van der Waals surface area contributed by atoms with E-state index in [2.05, 4.69) is 43.9 Å². The number of guanidine groups is 1. The van der Waals surface area contributed by atoms with Crippen LogP contribution in [-0.4, -0.2) is 52.7 Å². The summed E-state index contributed by atoms with van der Waals surface area (Å²) >= 11 is 0. The molecule has 3 aliphatic rings. The number of rotatable bonds is 5. The zero-order valence-corrected chi connectivity index (χ0v) is 18.1. The molecule has 0 atom stereocenters. The van der Waals surface area contributed by atoms with Crippen molar-refractivity contribution in [3.63, 3.8) is 0 Å². The summed E-state index contributed by atoms with van der Waals surface area (Å²) in [5.74, 6) is 0.861. The minimum Gasteiger partial charge on any atom is -0.314 e. The maximum atomic E-state index is 13.6. The van der Waals surface area contributed by atoms with Crippen molar-refractivity contribution in [2.45, 2.75) is 26.4 Å². The van der Waals surface area contributed by atoms with E-state index in [0.29, 0.717) is 25.3 Å². The van der Waals surface area contributed by atoms with Gasteiger partial charge in [-0.05, 0) is 35.2 Å². The van der Waals surface area contributed by atoms with Gasteiger partial charge in [0.1, 0.15) is 0 Å². The molecule has 5 rings (SSSR count). The van der Waals surface area contributed by atoms with E-state index in [1.165, 1.54) is 5.56 Å². The molecule has 1 amide bonds. The molecule has 0 aromatic heterocycles. The topological polar surface area (TPSA) is 87.9 Å². The first-order valence-electron chi connectivity index (χ1n) is 10.9. The molecule has 0 saturated carbocycles. The van der Waals surface area contributed by atoms with Crippen molar-refractivity contribution < 1.29 is 4.79 Å². The summed E-state index contributed by atoms with van der Waals surface area (Å²) in [5, 5.41) is 3.70. The Morgan fingerprint density at radius 3 is 2.84 bits per heavy atom. The second kappa shape index (κ2) is 8.49. The Balaban J connectivity index is 1.39. The fraction of sp³-hybridized carbons (Fsp3) is 0.333. The zero-order valence-electron chi connectivity index (χ0n) is 18.1. The first-order valence-corrected chi connectivity index (χ1v) is 10.9. The summed E-state index contributed by atoms with van der Waals surface area (Å²) in [4.78, 5) is 27.6. The Morgan fingerprint density at radius 2 is 2.00 bits per heavy atom. The number of aliphatic imine (C=N–C) groups is 1. The monoisotopic (exact) mass is 427 g/mol. The predicted octanol–water partition coefficient (Wildman–Crippen LogP) is 4.11. The van der Waals surface area contributed by atoms with Gasteiger partial charge in [0.05, 0.1) is 18.7 Å². The molecule has 8 nitrogen and oxygen atoms in total. The van der Waals surface area contributed by atoms with Crippen LogP contribution >= 0.6 is 0 Å². The standard InChI is InChI=1S/C24H25N7O/c1-17-5-2-3-7-19(17)15-31-23(32)21-16-29(11-9-22(21)30-12-10-26-24(30)31)14-18-6-4-8-20(13-18)27-28-25/h2-8,13H,9-12,14-16H2,1H3. The van der Waals surface area contributed by atoms with Gasteiger partial charge in [0.25, 0.3) is 5.91 Å². The van der Waals surface area contributed by atoms with Crippen LogP contribution in [-0.2, 0) is 17.9 Å². The van der Waals surface area contributed by atoms with Crippen molar-refractivity contribution in [1.82, 2.24) is 14.7 Å². The molecule has 0 bridgehead atoms. The Morgan fingerprint density at radius 1 is 1.12 bits per heavy atom. The molecule has 3 heterocycles. The van der Waals surface area contributed by atoms with Crippen LogP contribution in [0.1, 0.15) is 23.1 Å². The molecule has 0 N–H and O–H groups in total. The number of carbonyl (C=O) groups excluding carboxylic acids is 1. The first-order chi connectivity index (χ1) is 15.6.